The number of nitrogens with one attached hydrogen (secondary N) is 1. The highest BCUT2D eigenvalue weighted by Crippen LogP contribution is 2.19. The minimum Gasteiger partial charge on any atom is -0.497 e. The van der Waals surface area contributed by atoms with Crippen molar-refractivity contribution in [3.8, 4) is 5.75 Å². The van der Waals surface area contributed by atoms with Gasteiger partial charge in [-0.05, 0) is 40.1 Å². The Morgan fingerprint density at radius 1 is 1.00 bits per heavy atom. The minimum absolute atomic E-state index is 0.112. The maximum atomic E-state index is 12.0. The number of fused-ring (bicyclic) bond motifs is 1. The van der Waals surface area contributed by atoms with Gasteiger partial charge in [0.1, 0.15) is 5.75 Å². The largest absolute Gasteiger partial charge is 0.497 e. The van der Waals surface area contributed by atoms with E-state index in [1.807, 2.05) is 54.6 Å². The summed E-state index contributed by atoms with van der Waals surface area (Å²) < 4.78 is 5.12. The average molecular weight is 317 g/mol. The number of hydrogen-bond donors (Lipinski definition) is 1. The van der Waals surface area contributed by atoms with Crippen LogP contribution in [0.3, 0.4) is 0 Å². The third-order valence-corrected chi connectivity index (χ3v) is 3.86. The lowest BCUT2D eigenvalue weighted by Gasteiger charge is -2.05. The van der Waals surface area contributed by atoms with E-state index in [1.54, 1.807) is 13.2 Å². The average Bonchev–Trinajstić information content (AvgIpc) is 2.65. The summed E-state index contributed by atoms with van der Waals surface area (Å²) in [6, 6.07) is 21.9. The molecule has 24 heavy (non-hydrogen) atoms. The van der Waals surface area contributed by atoms with Crippen molar-refractivity contribution in [2.45, 2.75) is 6.54 Å². The van der Waals surface area contributed by atoms with E-state index in [-0.39, 0.29) is 5.91 Å². The summed E-state index contributed by atoms with van der Waals surface area (Å²) in [5.41, 5.74) is 2.07. The molecular weight excluding hydrogens is 298 g/mol. The Bertz CT molecular complexity index is 861. The van der Waals surface area contributed by atoms with Crippen LogP contribution < -0.4 is 10.1 Å². The molecule has 0 radical (unpaired) electrons. The number of hydrogen-bond acceptors (Lipinski definition) is 2. The second kappa shape index (κ2) is 7.47. The van der Waals surface area contributed by atoms with Gasteiger partial charge in [0.15, 0.2) is 0 Å². The zero-order chi connectivity index (χ0) is 16.8. The fourth-order valence-electron chi connectivity index (χ4n) is 2.55. The van der Waals surface area contributed by atoms with Crippen LogP contribution in [0.2, 0.25) is 0 Å². The van der Waals surface area contributed by atoms with Crippen LogP contribution in [0.1, 0.15) is 11.1 Å². The SMILES string of the molecule is COc1ccc(CNC(=O)/C=C/c2cccc3ccccc23)cc1. The molecule has 0 heterocycles. The van der Waals surface area contributed by atoms with Gasteiger partial charge in [0.05, 0.1) is 7.11 Å². The Hall–Kier alpha value is -3.07. The first-order chi connectivity index (χ1) is 11.8. The van der Waals surface area contributed by atoms with Gasteiger partial charge in [0.2, 0.25) is 5.91 Å². The van der Waals surface area contributed by atoms with Gasteiger partial charge in [-0.1, -0.05) is 54.6 Å². The van der Waals surface area contributed by atoms with E-state index in [0.717, 1.165) is 22.3 Å². The lowest BCUT2D eigenvalue weighted by molar-refractivity contribution is -0.116. The van der Waals surface area contributed by atoms with Crippen molar-refractivity contribution < 1.29 is 9.53 Å². The summed E-state index contributed by atoms with van der Waals surface area (Å²) >= 11 is 0. The van der Waals surface area contributed by atoms with Gasteiger partial charge in [-0.3, -0.25) is 4.79 Å². The van der Waals surface area contributed by atoms with E-state index < -0.39 is 0 Å². The molecule has 0 atom stereocenters. The van der Waals surface area contributed by atoms with E-state index in [4.69, 9.17) is 4.74 Å². The summed E-state index contributed by atoms with van der Waals surface area (Å²) in [6.45, 7) is 0.489. The topological polar surface area (TPSA) is 38.3 Å². The molecule has 0 saturated carbocycles. The molecule has 3 aromatic carbocycles. The molecule has 0 aliphatic rings. The van der Waals surface area contributed by atoms with Gasteiger partial charge >= 0.3 is 0 Å². The highest BCUT2D eigenvalue weighted by molar-refractivity contribution is 5.96. The molecule has 0 fully saturated rings. The summed E-state index contributed by atoms with van der Waals surface area (Å²) in [5.74, 6) is 0.694. The normalized spacial score (nSPS) is 10.9. The third-order valence-electron chi connectivity index (χ3n) is 3.86. The fourth-order valence-corrected chi connectivity index (χ4v) is 2.55. The number of carbonyl (C=O) groups excluding carboxylic acids is 1. The maximum Gasteiger partial charge on any atom is 0.244 e. The van der Waals surface area contributed by atoms with Gasteiger partial charge < -0.3 is 10.1 Å². The predicted octanol–water partition coefficient (Wildman–Crippen LogP) is 4.18. The second-order valence-corrected chi connectivity index (χ2v) is 5.47. The van der Waals surface area contributed by atoms with Crippen molar-refractivity contribution in [1.29, 1.82) is 0 Å². The molecular formula is C21H19NO2. The zero-order valence-electron chi connectivity index (χ0n) is 13.5. The third kappa shape index (κ3) is 3.82. The van der Waals surface area contributed by atoms with Gasteiger partial charge in [0.25, 0.3) is 0 Å². The zero-order valence-corrected chi connectivity index (χ0v) is 13.5. The Morgan fingerprint density at radius 3 is 2.54 bits per heavy atom. The smallest absolute Gasteiger partial charge is 0.244 e. The molecule has 0 aliphatic carbocycles. The molecule has 0 bridgehead atoms. The van der Waals surface area contributed by atoms with Crippen LogP contribution >= 0.6 is 0 Å². The molecule has 0 aliphatic heterocycles. The summed E-state index contributed by atoms with van der Waals surface area (Å²) in [4.78, 5) is 12.0. The van der Waals surface area contributed by atoms with Crippen molar-refractivity contribution in [3.63, 3.8) is 0 Å². The monoisotopic (exact) mass is 317 g/mol. The standard InChI is InChI=1S/C21H19NO2/c1-24-19-12-9-16(10-13-19)15-22-21(23)14-11-18-7-4-6-17-5-2-3-8-20(17)18/h2-14H,15H2,1H3,(H,22,23)/b14-11+. The van der Waals surface area contributed by atoms with E-state index in [9.17, 15) is 4.79 Å². The van der Waals surface area contributed by atoms with Gasteiger partial charge in [-0.25, -0.2) is 0 Å². The fraction of sp³-hybridized carbons (Fsp3) is 0.0952. The van der Waals surface area contributed by atoms with Crippen LogP contribution in [0.15, 0.2) is 72.8 Å². The minimum atomic E-state index is -0.112. The Kier molecular flexibility index (Phi) is 4.92. The summed E-state index contributed by atoms with van der Waals surface area (Å²) in [5, 5.41) is 5.19. The first-order valence-corrected chi connectivity index (χ1v) is 7.83. The number of benzene rings is 3. The van der Waals surface area contributed by atoms with Gasteiger partial charge in [-0.15, -0.1) is 0 Å². The van der Waals surface area contributed by atoms with Gasteiger partial charge in [-0.2, -0.15) is 0 Å². The van der Waals surface area contributed by atoms with E-state index >= 15 is 0 Å². The highest BCUT2D eigenvalue weighted by Gasteiger charge is 2.00. The van der Waals surface area contributed by atoms with E-state index in [0.29, 0.717) is 6.54 Å². The first kappa shape index (κ1) is 15.8. The summed E-state index contributed by atoms with van der Waals surface area (Å²) in [7, 11) is 1.63. The molecule has 0 unspecified atom stereocenters. The molecule has 3 nitrogen and oxygen atoms in total. The molecule has 0 aromatic heterocycles. The lowest BCUT2D eigenvalue weighted by atomic mass is 10.0. The molecule has 3 rings (SSSR count). The van der Waals surface area contributed by atoms with Crippen molar-refractivity contribution in [2.24, 2.45) is 0 Å². The molecule has 1 N–H and O–H groups in total. The second-order valence-electron chi connectivity index (χ2n) is 5.47. The van der Waals surface area contributed by atoms with Crippen LogP contribution in [-0.2, 0) is 11.3 Å². The predicted molar refractivity (Wildman–Crippen MR) is 97.8 cm³/mol. The van der Waals surface area contributed by atoms with Crippen molar-refractivity contribution in [1.82, 2.24) is 5.32 Å². The molecule has 0 spiro atoms. The number of carbonyl (C=O) groups is 1. The number of methoxy groups -OCH3 is 1. The van der Waals surface area contributed by atoms with Crippen LogP contribution in [0.5, 0.6) is 5.75 Å². The van der Waals surface area contributed by atoms with Crippen LogP contribution in [0.25, 0.3) is 16.8 Å². The number of rotatable bonds is 5. The highest BCUT2D eigenvalue weighted by atomic mass is 16.5. The van der Waals surface area contributed by atoms with Gasteiger partial charge in [0, 0.05) is 12.6 Å². The Morgan fingerprint density at radius 2 is 1.75 bits per heavy atom. The van der Waals surface area contributed by atoms with E-state index in [1.165, 1.54) is 5.39 Å². The Balaban J connectivity index is 1.64. The molecule has 0 saturated heterocycles. The number of amides is 1. The van der Waals surface area contributed by atoms with Crippen molar-refractivity contribution in [3.05, 3.63) is 83.9 Å². The Labute approximate surface area is 141 Å². The molecule has 1 amide bonds. The summed E-state index contributed by atoms with van der Waals surface area (Å²) in [6.07, 6.45) is 3.43. The van der Waals surface area contributed by atoms with Crippen LogP contribution in [0.4, 0.5) is 0 Å². The van der Waals surface area contributed by atoms with Crippen LogP contribution in [0, 0.1) is 0 Å². The van der Waals surface area contributed by atoms with E-state index in [2.05, 4.69) is 23.5 Å². The van der Waals surface area contributed by atoms with Crippen molar-refractivity contribution in [2.75, 3.05) is 7.11 Å². The first-order valence-electron chi connectivity index (χ1n) is 7.83. The number of ether oxygens (including phenoxy) is 1. The van der Waals surface area contributed by atoms with Crippen molar-refractivity contribution >= 4 is 22.8 Å². The van der Waals surface area contributed by atoms with Crippen LogP contribution in [-0.4, -0.2) is 13.0 Å². The quantitative estimate of drug-likeness (QED) is 0.717. The molecule has 120 valence electrons. The lowest BCUT2D eigenvalue weighted by Crippen LogP contribution is -2.20. The molecule has 3 heteroatoms. The molecule has 3 aromatic rings. The maximum absolute atomic E-state index is 12.0.